The van der Waals surface area contributed by atoms with Gasteiger partial charge in [-0.1, -0.05) is 13.8 Å². The molecule has 0 aliphatic carbocycles. The number of hydrogen-bond donors (Lipinski definition) is 1. The lowest BCUT2D eigenvalue weighted by atomic mass is 9.82. The average Bonchev–Trinajstić information content (AvgIpc) is 2.07. The van der Waals surface area contributed by atoms with Crippen LogP contribution in [0.4, 0.5) is 4.79 Å². The maximum Gasteiger partial charge on any atom is 0.410 e. The van der Waals surface area contributed by atoms with Crippen molar-refractivity contribution in [3.8, 4) is 0 Å². The van der Waals surface area contributed by atoms with Crippen LogP contribution in [0.5, 0.6) is 0 Å². The Morgan fingerprint density at radius 3 is 2.35 bits per heavy atom. The number of carbonyl (C=O) groups is 1. The molecule has 1 rings (SSSR count). The fourth-order valence-corrected chi connectivity index (χ4v) is 2.18. The number of amides is 1. The SMILES string of the molecule is CC(C)C(CO)C1CCN1C(=O)OC(C)(C)C. The number of aliphatic hydroxyl groups excluding tert-OH is 1. The Hall–Kier alpha value is -0.770. The predicted octanol–water partition coefficient (Wildman–Crippen LogP) is 2.26. The number of hydrogen-bond acceptors (Lipinski definition) is 3. The highest BCUT2D eigenvalue weighted by Gasteiger charge is 2.40. The normalized spacial score (nSPS) is 22.3. The molecule has 1 fully saturated rings. The van der Waals surface area contributed by atoms with Gasteiger partial charge >= 0.3 is 6.09 Å². The fourth-order valence-electron chi connectivity index (χ4n) is 2.18. The predicted molar refractivity (Wildman–Crippen MR) is 66.8 cm³/mol. The number of rotatable bonds is 3. The average molecular weight is 243 g/mol. The molecule has 4 nitrogen and oxygen atoms in total. The lowest BCUT2D eigenvalue weighted by Gasteiger charge is -2.46. The van der Waals surface area contributed by atoms with Crippen LogP contribution in [0.1, 0.15) is 41.0 Å². The van der Waals surface area contributed by atoms with E-state index in [2.05, 4.69) is 13.8 Å². The Bertz CT molecular complexity index is 270. The molecule has 0 radical (unpaired) electrons. The summed E-state index contributed by atoms with van der Waals surface area (Å²) in [6.45, 7) is 10.6. The Labute approximate surface area is 104 Å². The van der Waals surface area contributed by atoms with Crippen LogP contribution in [0.3, 0.4) is 0 Å². The molecule has 0 aromatic heterocycles. The van der Waals surface area contributed by atoms with Crippen molar-refractivity contribution in [1.82, 2.24) is 4.90 Å². The van der Waals surface area contributed by atoms with Gasteiger partial charge in [0.15, 0.2) is 0 Å². The maximum atomic E-state index is 11.9. The molecule has 17 heavy (non-hydrogen) atoms. The molecule has 100 valence electrons. The molecule has 2 unspecified atom stereocenters. The van der Waals surface area contributed by atoms with Gasteiger partial charge in [0.1, 0.15) is 5.60 Å². The van der Waals surface area contributed by atoms with E-state index in [0.29, 0.717) is 5.92 Å². The van der Waals surface area contributed by atoms with Crippen molar-refractivity contribution >= 4 is 6.09 Å². The monoisotopic (exact) mass is 243 g/mol. The Kier molecular flexibility index (Phi) is 4.42. The summed E-state index contributed by atoms with van der Waals surface area (Å²) < 4.78 is 5.35. The van der Waals surface area contributed by atoms with E-state index in [1.165, 1.54) is 0 Å². The highest BCUT2D eigenvalue weighted by atomic mass is 16.6. The largest absolute Gasteiger partial charge is 0.444 e. The maximum absolute atomic E-state index is 11.9. The first-order valence-corrected chi connectivity index (χ1v) is 6.36. The van der Waals surface area contributed by atoms with Gasteiger partial charge in [0.05, 0.1) is 0 Å². The van der Waals surface area contributed by atoms with E-state index in [-0.39, 0.29) is 24.7 Å². The molecule has 2 atom stereocenters. The van der Waals surface area contributed by atoms with E-state index in [1.807, 2.05) is 20.8 Å². The number of nitrogens with zero attached hydrogens (tertiary/aromatic N) is 1. The summed E-state index contributed by atoms with van der Waals surface area (Å²) in [6.07, 6.45) is 0.704. The van der Waals surface area contributed by atoms with Crippen LogP contribution in [-0.4, -0.2) is 40.9 Å². The molecule has 1 amide bonds. The number of carbonyl (C=O) groups excluding carboxylic acids is 1. The van der Waals surface area contributed by atoms with Crippen molar-refractivity contribution in [2.75, 3.05) is 13.2 Å². The molecule has 1 aliphatic heterocycles. The van der Waals surface area contributed by atoms with E-state index in [1.54, 1.807) is 4.90 Å². The zero-order chi connectivity index (χ0) is 13.2. The molecule has 1 heterocycles. The van der Waals surface area contributed by atoms with Crippen LogP contribution in [0.2, 0.25) is 0 Å². The van der Waals surface area contributed by atoms with Gasteiger partial charge in [-0.2, -0.15) is 0 Å². The first kappa shape index (κ1) is 14.3. The molecule has 0 aromatic carbocycles. The standard InChI is InChI=1S/C13H25NO3/c1-9(2)10(8-15)11-6-7-14(11)12(16)17-13(3,4)5/h9-11,15H,6-8H2,1-5H3. The quantitative estimate of drug-likeness (QED) is 0.827. The van der Waals surface area contributed by atoms with Gasteiger partial charge < -0.3 is 14.7 Å². The molecule has 0 aromatic rings. The minimum atomic E-state index is -0.455. The summed E-state index contributed by atoms with van der Waals surface area (Å²) in [5.41, 5.74) is -0.455. The highest BCUT2D eigenvalue weighted by molar-refractivity contribution is 5.69. The summed E-state index contributed by atoms with van der Waals surface area (Å²) in [5.74, 6) is 0.520. The first-order chi connectivity index (χ1) is 7.76. The van der Waals surface area contributed by atoms with E-state index >= 15 is 0 Å². The molecule has 0 spiro atoms. The van der Waals surface area contributed by atoms with Gasteiger partial charge in [0.2, 0.25) is 0 Å². The third kappa shape index (κ3) is 3.60. The van der Waals surface area contributed by atoms with Crippen molar-refractivity contribution < 1.29 is 14.6 Å². The molecule has 1 saturated heterocycles. The third-order valence-corrected chi connectivity index (χ3v) is 3.26. The fraction of sp³-hybridized carbons (Fsp3) is 0.923. The van der Waals surface area contributed by atoms with E-state index in [4.69, 9.17) is 4.74 Å². The zero-order valence-corrected chi connectivity index (χ0v) is 11.6. The lowest BCUT2D eigenvalue weighted by molar-refractivity contribution is -0.0317. The van der Waals surface area contributed by atoms with E-state index in [0.717, 1.165) is 13.0 Å². The van der Waals surface area contributed by atoms with Crippen LogP contribution in [-0.2, 0) is 4.74 Å². The van der Waals surface area contributed by atoms with Crippen LogP contribution >= 0.6 is 0 Å². The van der Waals surface area contributed by atoms with Crippen molar-refractivity contribution in [3.05, 3.63) is 0 Å². The minimum Gasteiger partial charge on any atom is -0.444 e. The second-order valence-electron chi connectivity index (χ2n) is 6.12. The lowest BCUT2D eigenvalue weighted by Crippen LogP contribution is -2.57. The second kappa shape index (κ2) is 5.25. The first-order valence-electron chi connectivity index (χ1n) is 6.36. The Balaban J connectivity index is 2.59. The third-order valence-electron chi connectivity index (χ3n) is 3.26. The zero-order valence-electron chi connectivity index (χ0n) is 11.6. The Morgan fingerprint density at radius 1 is 1.47 bits per heavy atom. The molecular formula is C13H25NO3. The van der Waals surface area contributed by atoms with Gasteiger partial charge in [0, 0.05) is 25.1 Å². The second-order valence-corrected chi connectivity index (χ2v) is 6.12. The highest BCUT2D eigenvalue weighted by Crippen LogP contribution is 2.30. The van der Waals surface area contributed by atoms with Gasteiger partial charge in [0.25, 0.3) is 0 Å². The van der Waals surface area contributed by atoms with Crippen LogP contribution < -0.4 is 0 Å². The molecule has 0 saturated carbocycles. The number of aliphatic hydroxyl groups is 1. The van der Waals surface area contributed by atoms with Crippen LogP contribution in [0.15, 0.2) is 0 Å². The van der Waals surface area contributed by atoms with Gasteiger partial charge in [-0.05, 0) is 33.1 Å². The molecule has 0 bridgehead atoms. The molecule has 1 N–H and O–H groups in total. The summed E-state index contributed by atoms with van der Waals surface area (Å²) in [7, 11) is 0. The van der Waals surface area contributed by atoms with Crippen molar-refractivity contribution in [2.24, 2.45) is 11.8 Å². The van der Waals surface area contributed by atoms with Crippen LogP contribution in [0.25, 0.3) is 0 Å². The Morgan fingerprint density at radius 2 is 2.06 bits per heavy atom. The minimum absolute atomic E-state index is 0.127. The van der Waals surface area contributed by atoms with Gasteiger partial charge in [-0.25, -0.2) is 4.79 Å². The number of likely N-dealkylation sites (tertiary alicyclic amines) is 1. The molecule has 1 aliphatic rings. The molecular weight excluding hydrogens is 218 g/mol. The smallest absolute Gasteiger partial charge is 0.410 e. The number of ether oxygens (including phenoxy) is 1. The van der Waals surface area contributed by atoms with Crippen LogP contribution in [0, 0.1) is 11.8 Å². The summed E-state index contributed by atoms with van der Waals surface area (Å²) in [5, 5.41) is 9.39. The van der Waals surface area contributed by atoms with Crippen molar-refractivity contribution in [2.45, 2.75) is 52.7 Å². The van der Waals surface area contributed by atoms with E-state index < -0.39 is 5.60 Å². The van der Waals surface area contributed by atoms with Crippen molar-refractivity contribution in [1.29, 1.82) is 0 Å². The molecule has 4 heteroatoms. The summed E-state index contributed by atoms with van der Waals surface area (Å²) in [6, 6.07) is 0.134. The summed E-state index contributed by atoms with van der Waals surface area (Å²) >= 11 is 0. The van der Waals surface area contributed by atoms with Crippen molar-refractivity contribution in [3.63, 3.8) is 0 Å². The van der Waals surface area contributed by atoms with E-state index in [9.17, 15) is 9.90 Å². The van der Waals surface area contributed by atoms with Gasteiger partial charge in [-0.15, -0.1) is 0 Å². The van der Waals surface area contributed by atoms with Gasteiger partial charge in [-0.3, -0.25) is 0 Å². The topological polar surface area (TPSA) is 49.8 Å². The summed E-state index contributed by atoms with van der Waals surface area (Å²) in [4.78, 5) is 13.7.